The number of nitrogens with two attached hydrogens (primary N) is 1. The van der Waals surface area contributed by atoms with E-state index in [4.69, 9.17) is 11.1 Å². The van der Waals surface area contributed by atoms with Crippen molar-refractivity contribution in [3.8, 4) is 11.1 Å². The van der Waals surface area contributed by atoms with Crippen LogP contribution >= 0.6 is 0 Å². The second kappa shape index (κ2) is 11.7. The highest BCUT2D eigenvalue weighted by Gasteiger charge is 2.26. The standard InChI is InChI=1S/C29H36N4O3S/c1-5-16-33(20-22-10-9-13-24(17-22)28(30)31)27(34)19-21-14-15-25(23-11-7-6-8-12-23)26(18-21)37(35,36)32-29(2,3)4/h6-15,17-18,32H,5,16,19-20H2,1-4H3,(H3,30,31). The van der Waals surface area contributed by atoms with Gasteiger partial charge in [-0.05, 0) is 56.0 Å². The molecule has 8 heteroatoms. The number of benzene rings is 3. The Labute approximate surface area is 220 Å². The van der Waals surface area contributed by atoms with Crippen molar-refractivity contribution in [3.05, 3.63) is 89.5 Å². The molecule has 0 unspecified atom stereocenters. The highest BCUT2D eigenvalue weighted by atomic mass is 32.2. The van der Waals surface area contributed by atoms with Gasteiger partial charge in [0.1, 0.15) is 5.84 Å². The number of nitrogen functional groups attached to an aromatic ring is 1. The van der Waals surface area contributed by atoms with E-state index in [-0.39, 0.29) is 23.1 Å². The van der Waals surface area contributed by atoms with E-state index in [1.165, 1.54) is 0 Å². The van der Waals surface area contributed by atoms with E-state index in [9.17, 15) is 13.2 Å². The summed E-state index contributed by atoms with van der Waals surface area (Å²) in [5.74, 6) is -0.124. The molecule has 0 radical (unpaired) electrons. The molecule has 0 spiro atoms. The van der Waals surface area contributed by atoms with Gasteiger partial charge in [0.25, 0.3) is 0 Å². The van der Waals surface area contributed by atoms with E-state index in [1.54, 1.807) is 43.9 Å². The van der Waals surface area contributed by atoms with Gasteiger partial charge in [0.15, 0.2) is 0 Å². The van der Waals surface area contributed by atoms with Gasteiger partial charge in [-0.25, -0.2) is 13.1 Å². The fourth-order valence-electron chi connectivity index (χ4n) is 4.12. The summed E-state index contributed by atoms with van der Waals surface area (Å²) >= 11 is 0. The van der Waals surface area contributed by atoms with Crippen LogP contribution < -0.4 is 10.5 Å². The average molecular weight is 521 g/mol. The van der Waals surface area contributed by atoms with Crippen molar-refractivity contribution in [3.63, 3.8) is 0 Å². The van der Waals surface area contributed by atoms with Crippen LogP contribution in [0.4, 0.5) is 0 Å². The number of carbonyl (C=O) groups is 1. The number of amidine groups is 1. The Bertz CT molecular complexity index is 1360. The molecule has 0 aliphatic carbocycles. The van der Waals surface area contributed by atoms with Gasteiger partial charge in [0.05, 0.1) is 11.3 Å². The molecule has 3 aromatic carbocycles. The summed E-state index contributed by atoms with van der Waals surface area (Å²) in [4.78, 5) is 15.3. The van der Waals surface area contributed by atoms with Gasteiger partial charge in [0, 0.05) is 29.8 Å². The number of carbonyl (C=O) groups excluding carboxylic acids is 1. The lowest BCUT2D eigenvalue weighted by molar-refractivity contribution is -0.131. The third-order valence-electron chi connectivity index (χ3n) is 5.67. The molecule has 0 saturated heterocycles. The summed E-state index contributed by atoms with van der Waals surface area (Å²) in [6, 6.07) is 21.8. The number of hydrogen-bond donors (Lipinski definition) is 3. The number of nitrogens with zero attached hydrogens (tertiary/aromatic N) is 1. The van der Waals surface area contributed by atoms with E-state index in [0.717, 1.165) is 17.5 Å². The highest BCUT2D eigenvalue weighted by Crippen LogP contribution is 2.29. The normalized spacial score (nSPS) is 11.8. The molecule has 7 nitrogen and oxygen atoms in total. The van der Waals surface area contributed by atoms with Crippen LogP contribution in [0.15, 0.2) is 77.7 Å². The van der Waals surface area contributed by atoms with Gasteiger partial charge in [0.2, 0.25) is 15.9 Å². The topological polar surface area (TPSA) is 116 Å². The Balaban J connectivity index is 1.94. The molecule has 4 N–H and O–H groups in total. The molecule has 0 atom stereocenters. The minimum Gasteiger partial charge on any atom is -0.384 e. The highest BCUT2D eigenvalue weighted by molar-refractivity contribution is 7.89. The maximum atomic E-state index is 13.4. The van der Waals surface area contributed by atoms with E-state index < -0.39 is 15.6 Å². The van der Waals surface area contributed by atoms with Crippen molar-refractivity contribution >= 4 is 21.8 Å². The van der Waals surface area contributed by atoms with Gasteiger partial charge in [-0.3, -0.25) is 10.2 Å². The SMILES string of the molecule is CCCN(Cc1cccc(C(=N)N)c1)C(=O)Cc1ccc(-c2ccccc2)c(S(=O)(=O)NC(C)(C)C)c1. The number of hydrogen-bond acceptors (Lipinski definition) is 4. The third-order valence-corrected chi connectivity index (χ3v) is 7.47. The van der Waals surface area contributed by atoms with Crippen LogP contribution in [0.1, 0.15) is 50.8 Å². The Kier molecular flexibility index (Phi) is 8.89. The van der Waals surface area contributed by atoms with Crippen LogP contribution in [0.25, 0.3) is 11.1 Å². The Morgan fingerprint density at radius 3 is 2.30 bits per heavy atom. The molecule has 1 amide bonds. The maximum Gasteiger partial charge on any atom is 0.241 e. The minimum atomic E-state index is -3.85. The lowest BCUT2D eigenvalue weighted by Crippen LogP contribution is -2.40. The second-order valence-electron chi connectivity index (χ2n) is 10.2. The van der Waals surface area contributed by atoms with E-state index >= 15 is 0 Å². The summed E-state index contributed by atoms with van der Waals surface area (Å²) in [6.07, 6.45) is 0.847. The van der Waals surface area contributed by atoms with Crippen LogP contribution in [0.3, 0.4) is 0 Å². The lowest BCUT2D eigenvalue weighted by Gasteiger charge is -2.24. The third kappa shape index (κ3) is 7.74. The van der Waals surface area contributed by atoms with E-state index in [1.807, 2.05) is 61.5 Å². The van der Waals surface area contributed by atoms with Crippen molar-refractivity contribution in [1.82, 2.24) is 9.62 Å². The number of rotatable bonds is 10. The fraction of sp³-hybridized carbons (Fsp3) is 0.310. The molecule has 196 valence electrons. The maximum absolute atomic E-state index is 13.4. The van der Waals surface area contributed by atoms with Gasteiger partial charge < -0.3 is 10.6 Å². The van der Waals surface area contributed by atoms with E-state index in [0.29, 0.717) is 29.8 Å². The minimum absolute atomic E-state index is 0.0219. The summed E-state index contributed by atoms with van der Waals surface area (Å²) in [6.45, 7) is 8.33. The first-order valence-electron chi connectivity index (χ1n) is 12.3. The molecular weight excluding hydrogens is 484 g/mol. The van der Waals surface area contributed by atoms with Crippen molar-refractivity contribution in [2.75, 3.05) is 6.54 Å². The quantitative estimate of drug-likeness (QED) is 0.265. The Hall–Kier alpha value is -3.49. The Morgan fingerprint density at radius 2 is 1.68 bits per heavy atom. The van der Waals surface area contributed by atoms with Gasteiger partial charge in [-0.15, -0.1) is 0 Å². The van der Waals surface area contributed by atoms with Gasteiger partial charge in [-0.1, -0.05) is 67.6 Å². The van der Waals surface area contributed by atoms with Crippen molar-refractivity contribution in [2.24, 2.45) is 5.73 Å². The van der Waals surface area contributed by atoms with Crippen molar-refractivity contribution in [1.29, 1.82) is 5.41 Å². The zero-order valence-electron chi connectivity index (χ0n) is 21.9. The van der Waals surface area contributed by atoms with Crippen molar-refractivity contribution < 1.29 is 13.2 Å². The number of sulfonamides is 1. The largest absolute Gasteiger partial charge is 0.384 e. The van der Waals surface area contributed by atoms with Gasteiger partial charge >= 0.3 is 0 Å². The molecule has 3 rings (SSSR count). The number of amides is 1. The molecular formula is C29H36N4O3S. The second-order valence-corrected chi connectivity index (χ2v) is 11.8. The molecule has 0 aliphatic heterocycles. The lowest BCUT2D eigenvalue weighted by atomic mass is 10.0. The molecule has 0 bridgehead atoms. The first-order valence-corrected chi connectivity index (χ1v) is 13.8. The Morgan fingerprint density at radius 1 is 0.973 bits per heavy atom. The molecule has 0 saturated carbocycles. The van der Waals surface area contributed by atoms with Crippen LogP contribution in [-0.2, 0) is 27.8 Å². The summed E-state index contributed by atoms with van der Waals surface area (Å²) in [7, 11) is -3.85. The molecule has 0 heterocycles. The summed E-state index contributed by atoms with van der Waals surface area (Å²) in [5, 5.41) is 7.68. The van der Waals surface area contributed by atoms with Crippen LogP contribution in [0, 0.1) is 5.41 Å². The monoisotopic (exact) mass is 520 g/mol. The zero-order chi connectivity index (χ0) is 27.2. The van der Waals surface area contributed by atoms with Crippen molar-refractivity contribution in [2.45, 2.75) is 57.5 Å². The average Bonchev–Trinajstić information content (AvgIpc) is 2.83. The summed E-state index contributed by atoms with van der Waals surface area (Å²) in [5.41, 5.74) is 8.44. The first-order chi connectivity index (χ1) is 17.4. The molecule has 0 aliphatic rings. The fourth-order valence-corrected chi connectivity index (χ4v) is 5.82. The van der Waals surface area contributed by atoms with Crippen LogP contribution in [0.2, 0.25) is 0 Å². The molecule has 0 fully saturated rings. The smallest absolute Gasteiger partial charge is 0.241 e. The van der Waals surface area contributed by atoms with Crippen LogP contribution in [-0.4, -0.2) is 37.1 Å². The van der Waals surface area contributed by atoms with Crippen LogP contribution in [0.5, 0.6) is 0 Å². The van der Waals surface area contributed by atoms with E-state index in [2.05, 4.69) is 4.72 Å². The predicted octanol–water partition coefficient (Wildman–Crippen LogP) is 4.70. The zero-order valence-corrected chi connectivity index (χ0v) is 22.7. The first kappa shape index (κ1) is 28.1. The number of nitrogens with one attached hydrogen (secondary N) is 2. The predicted molar refractivity (Wildman–Crippen MR) is 149 cm³/mol. The molecule has 0 aromatic heterocycles. The molecule has 3 aromatic rings. The van der Waals surface area contributed by atoms with Gasteiger partial charge in [-0.2, -0.15) is 0 Å². The summed E-state index contributed by atoms with van der Waals surface area (Å²) < 4.78 is 29.6. The molecule has 37 heavy (non-hydrogen) atoms.